The van der Waals surface area contributed by atoms with Gasteiger partial charge in [-0.15, -0.1) is 10.2 Å². The van der Waals surface area contributed by atoms with E-state index in [1.165, 1.54) is 0 Å². The maximum Gasteiger partial charge on any atom is 0.161 e. The number of rotatable bonds is 3. The summed E-state index contributed by atoms with van der Waals surface area (Å²) in [6.45, 7) is 1.98. The van der Waals surface area contributed by atoms with Crippen molar-refractivity contribution < 1.29 is 9.47 Å². The lowest BCUT2D eigenvalue weighted by molar-refractivity contribution is 0.355. The minimum atomic E-state index is 0.400. The van der Waals surface area contributed by atoms with E-state index < -0.39 is 0 Å². The molecular formula is C13H15N3O2. The van der Waals surface area contributed by atoms with Crippen LogP contribution in [0.1, 0.15) is 5.56 Å². The lowest BCUT2D eigenvalue weighted by atomic mass is 10.0. The molecule has 0 fully saturated rings. The zero-order valence-corrected chi connectivity index (χ0v) is 10.6. The molecule has 94 valence electrons. The van der Waals surface area contributed by atoms with Crippen LogP contribution in [0.25, 0.3) is 11.3 Å². The third-order valence-electron chi connectivity index (χ3n) is 2.69. The van der Waals surface area contributed by atoms with E-state index >= 15 is 0 Å². The number of hydrogen-bond donors (Lipinski definition) is 1. The van der Waals surface area contributed by atoms with Gasteiger partial charge in [0.25, 0.3) is 0 Å². The summed E-state index contributed by atoms with van der Waals surface area (Å²) in [5.74, 6) is 1.76. The van der Waals surface area contributed by atoms with Crippen LogP contribution in [0.3, 0.4) is 0 Å². The Bertz CT molecular complexity index is 553. The van der Waals surface area contributed by atoms with Crippen LogP contribution in [0.2, 0.25) is 0 Å². The van der Waals surface area contributed by atoms with E-state index in [1.54, 1.807) is 20.3 Å². The number of anilines is 1. The van der Waals surface area contributed by atoms with Crippen LogP contribution < -0.4 is 15.2 Å². The van der Waals surface area contributed by atoms with Crippen molar-refractivity contribution >= 4 is 5.82 Å². The third-order valence-corrected chi connectivity index (χ3v) is 2.69. The molecular weight excluding hydrogens is 230 g/mol. The zero-order valence-electron chi connectivity index (χ0n) is 10.6. The molecule has 1 aromatic heterocycles. The van der Waals surface area contributed by atoms with Gasteiger partial charge in [-0.3, -0.25) is 0 Å². The van der Waals surface area contributed by atoms with Crippen LogP contribution in [0.5, 0.6) is 11.5 Å². The monoisotopic (exact) mass is 245 g/mol. The fourth-order valence-electron chi connectivity index (χ4n) is 1.74. The summed E-state index contributed by atoms with van der Waals surface area (Å²) in [4.78, 5) is 0. The molecule has 1 aromatic carbocycles. The first-order valence-corrected chi connectivity index (χ1v) is 5.48. The topological polar surface area (TPSA) is 70.3 Å². The van der Waals surface area contributed by atoms with Gasteiger partial charge in [-0.25, -0.2) is 0 Å². The highest BCUT2D eigenvalue weighted by Gasteiger charge is 2.11. The maximum atomic E-state index is 5.53. The van der Waals surface area contributed by atoms with Gasteiger partial charge in [0.2, 0.25) is 0 Å². The molecule has 18 heavy (non-hydrogen) atoms. The second kappa shape index (κ2) is 4.91. The van der Waals surface area contributed by atoms with Gasteiger partial charge in [0.1, 0.15) is 5.82 Å². The van der Waals surface area contributed by atoms with Gasteiger partial charge in [-0.05, 0) is 36.8 Å². The molecule has 2 rings (SSSR count). The molecule has 5 heteroatoms. The number of hydrogen-bond acceptors (Lipinski definition) is 5. The Morgan fingerprint density at radius 3 is 2.22 bits per heavy atom. The van der Waals surface area contributed by atoms with Crippen molar-refractivity contribution in [2.45, 2.75) is 6.92 Å². The quantitative estimate of drug-likeness (QED) is 0.896. The summed E-state index contributed by atoms with van der Waals surface area (Å²) < 4.78 is 10.5. The summed E-state index contributed by atoms with van der Waals surface area (Å²) in [6.07, 6.45) is 0. The largest absolute Gasteiger partial charge is 0.493 e. The summed E-state index contributed by atoms with van der Waals surface area (Å²) in [5.41, 5.74) is 8.26. The molecule has 0 atom stereocenters. The number of aromatic nitrogens is 2. The molecule has 0 aliphatic carbocycles. The van der Waals surface area contributed by atoms with Crippen LogP contribution in [-0.4, -0.2) is 24.4 Å². The van der Waals surface area contributed by atoms with Crippen molar-refractivity contribution in [2.75, 3.05) is 20.0 Å². The Morgan fingerprint density at radius 2 is 1.67 bits per heavy atom. The molecule has 0 unspecified atom stereocenters. The molecule has 2 N–H and O–H groups in total. The van der Waals surface area contributed by atoms with E-state index in [9.17, 15) is 0 Å². The number of benzene rings is 1. The first-order chi connectivity index (χ1) is 8.65. The smallest absolute Gasteiger partial charge is 0.161 e. The Balaban J connectivity index is 2.54. The summed E-state index contributed by atoms with van der Waals surface area (Å²) in [7, 11) is 3.21. The standard InChI is InChI=1S/C13H15N3O2/c1-8-6-11(17-2)12(18-3)7-9(8)10-4-5-13(14)16-15-10/h4-7H,1-3H3,(H2,14,16). The molecule has 0 amide bonds. The molecule has 0 radical (unpaired) electrons. The third kappa shape index (κ3) is 2.20. The van der Waals surface area contributed by atoms with Gasteiger partial charge < -0.3 is 15.2 Å². The fraction of sp³-hybridized carbons (Fsp3) is 0.231. The van der Waals surface area contributed by atoms with Crippen molar-refractivity contribution in [3.63, 3.8) is 0 Å². The molecule has 1 heterocycles. The van der Waals surface area contributed by atoms with Crippen molar-refractivity contribution in [3.05, 3.63) is 29.8 Å². The SMILES string of the molecule is COc1cc(C)c(-c2ccc(N)nn2)cc1OC. The highest BCUT2D eigenvalue weighted by molar-refractivity contribution is 5.68. The summed E-state index contributed by atoms with van der Waals surface area (Å²) in [5, 5.41) is 7.92. The molecule has 0 saturated carbocycles. The maximum absolute atomic E-state index is 5.53. The number of ether oxygens (including phenoxy) is 2. The molecule has 5 nitrogen and oxygen atoms in total. The minimum Gasteiger partial charge on any atom is -0.493 e. The second-order valence-corrected chi connectivity index (χ2v) is 3.87. The lowest BCUT2D eigenvalue weighted by Gasteiger charge is -2.12. The number of nitrogens with zero attached hydrogens (tertiary/aromatic N) is 2. The lowest BCUT2D eigenvalue weighted by Crippen LogP contribution is -1.97. The van der Waals surface area contributed by atoms with Gasteiger partial charge in [0, 0.05) is 5.56 Å². The zero-order chi connectivity index (χ0) is 13.1. The fourth-order valence-corrected chi connectivity index (χ4v) is 1.74. The van der Waals surface area contributed by atoms with Crippen LogP contribution >= 0.6 is 0 Å². The Kier molecular flexibility index (Phi) is 3.32. The van der Waals surface area contributed by atoms with E-state index in [-0.39, 0.29) is 0 Å². The highest BCUT2D eigenvalue weighted by atomic mass is 16.5. The highest BCUT2D eigenvalue weighted by Crippen LogP contribution is 2.34. The van der Waals surface area contributed by atoms with E-state index in [0.717, 1.165) is 16.8 Å². The van der Waals surface area contributed by atoms with E-state index in [2.05, 4.69) is 10.2 Å². The molecule has 2 aromatic rings. The molecule has 0 aliphatic rings. The molecule has 0 saturated heterocycles. The van der Waals surface area contributed by atoms with Gasteiger partial charge >= 0.3 is 0 Å². The first-order valence-electron chi connectivity index (χ1n) is 5.48. The predicted octanol–water partition coefficient (Wildman–Crippen LogP) is 2.05. The first kappa shape index (κ1) is 12.2. The summed E-state index contributed by atoms with van der Waals surface area (Å²) >= 11 is 0. The average molecular weight is 245 g/mol. The van der Waals surface area contributed by atoms with Crippen molar-refractivity contribution in [1.82, 2.24) is 10.2 Å². The van der Waals surface area contributed by atoms with E-state index in [0.29, 0.717) is 17.3 Å². The van der Waals surface area contributed by atoms with Gasteiger partial charge in [-0.2, -0.15) is 0 Å². The minimum absolute atomic E-state index is 0.400. The van der Waals surface area contributed by atoms with Gasteiger partial charge in [-0.1, -0.05) is 0 Å². The van der Waals surface area contributed by atoms with Crippen LogP contribution in [0.4, 0.5) is 5.82 Å². The Hall–Kier alpha value is -2.30. The van der Waals surface area contributed by atoms with Gasteiger partial charge in [0.15, 0.2) is 11.5 Å². The van der Waals surface area contributed by atoms with Crippen molar-refractivity contribution in [2.24, 2.45) is 0 Å². The predicted molar refractivity (Wildman–Crippen MR) is 69.7 cm³/mol. The van der Waals surface area contributed by atoms with Crippen molar-refractivity contribution in [3.8, 4) is 22.8 Å². The number of nitrogens with two attached hydrogens (primary N) is 1. The molecule has 0 spiro atoms. The molecule has 0 bridgehead atoms. The van der Waals surface area contributed by atoms with Crippen molar-refractivity contribution in [1.29, 1.82) is 0 Å². The van der Waals surface area contributed by atoms with Crippen LogP contribution in [0.15, 0.2) is 24.3 Å². The second-order valence-electron chi connectivity index (χ2n) is 3.87. The average Bonchev–Trinajstić information content (AvgIpc) is 2.39. The van der Waals surface area contributed by atoms with Crippen LogP contribution in [0, 0.1) is 6.92 Å². The number of nitrogen functional groups attached to an aromatic ring is 1. The summed E-state index contributed by atoms with van der Waals surface area (Å²) in [6, 6.07) is 7.34. The number of aryl methyl sites for hydroxylation is 1. The van der Waals surface area contributed by atoms with E-state index in [4.69, 9.17) is 15.2 Å². The normalized spacial score (nSPS) is 10.2. The Morgan fingerprint density at radius 1 is 1.00 bits per heavy atom. The number of methoxy groups -OCH3 is 2. The molecule has 0 aliphatic heterocycles. The van der Waals surface area contributed by atoms with Gasteiger partial charge in [0.05, 0.1) is 19.9 Å². The van der Waals surface area contributed by atoms with E-state index in [1.807, 2.05) is 25.1 Å². The Labute approximate surface area is 106 Å². The van der Waals surface area contributed by atoms with Crippen LogP contribution in [-0.2, 0) is 0 Å².